The van der Waals surface area contributed by atoms with Gasteiger partial charge in [-0.3, -0.25) is 4.90 Å². The molecule has 1 fully saturated rings. The van der Waals surface area contributed by atoms with Crippen molar-refractivity contribution in [1.29, 1.82) is 0 Å². The van der Waals surface area contributed by atoms with Crippen molar-refractivity contribution in [3.05, 3.63) is 35.7 Å². The van der Waals surface area contributed by atoms with E-state index in [-0.39, 0.29) is 5.82 Å². The second-order valence-corrected chi connectivity index (χ2v) is 5.36. The zero-order valence-corrected chi connectivity index (χ0v) is 12.4. The molecular formula is C16H21FN2O2. The Morgan fingerprint density at radius 1 is 1.48 bits per heavy atom. The number of anilines is 1. The van der Waals surface area contributed by atoms with Crippen molar-refractivity contribution in [2.24, 2.45) is 0 Å². The number of hydrogen-bond donors (Lipinski definition) is 1. The Labute approximate surface area is 124 Å². The summed E-state index contributed by atoms with van der Waals surface area (Å²) in [7, 11) is 2.11. The van der Waals surface area contributed by atoms with Gasteiger partial charge in [0.1, 0.15) is 5.82 Å². The van der Waals surface area contributed by atoms with Gasteiger partial charge in [0, 0.05) is 43.0 Å². The number of rotatable bonds is 4. The Balaban J connectivity index is 2.28. The summed E-state index contributed by atoms with van der Waals surface area (Å²) >= 11 is 0. The average Bonchev–Trinajstić information content (AvgIpc) is 2.46. The van der Waals surface area contributed by atoms with E-state index in [9.17, 15) is 9.18 Å². The van der Waals surface area contributed by atoms with Gasteiger partial charge in [-0.25, -0.2) is 9.18 Å². The lowest BCUT2D eigenvalue weighted by Gasteiger charge is -2.40. The lowest BCUT2D eigenvalue weighted by molar-refractivity contribution is -0.131. The monoisotopic (exact) mass is 292 g/mol. The van der Waals surface area contributed by atoms with E-state index in [0.717, 1.165) is 37.8 Å². The van der Waals surface area contributed by atoms with E-state index in [1.807, 2.05) is 0 Å². The number of likely N-dealkylation sites (N-methyl/N-ethyl adjacent to an activating group) is 1. The predicted octanol–water partition coefficient (Wildman–Crippen LogP) is 2.45. The molecular weight excluding hydrogens is 271 g/mol. The highest BCUT2D eigenvalue weighted by molar-refractivity contribution is 5.87. The molecule has 1 aliphatic rings. The largest absolute Gasteiger partial charge is 0.478 e. The van der Waals surface area contributed by atoms with Crippen molar-refractivity contribution in [1.82, 2.24) is 4.90 Å². The van der Waals surface area contributed by atoms with Crippen molar-refractivity contribution in [2.75, 3.05) is 31.6 Å². The van der Waals surface area contributed by atoms with Crippen LogP contribution in [-0.4, -0.2) is 48.7 Å². The summed E-state index contributed by atoms with van der Waals surface area (Å²) in [5, 5.41) is 8.76. The first-order chi connectivity index (χ1) is 10.0. The third-order valence-electron chi connectivity index (χ3n) is 3.98. The van der Waals surface area contributed by atoms with E-state index < -0.39 is 5.97 Å². The van der Waals surface area contributed by atoms with Crippen molar-refractivity contribution in [3.8, 4) is 0 Å². The van der Waals surface area contributed by atoms with E-state index in [1.54, 1.807) is 6.07 Å². The lowest BCUT2D eigenvalue weighted by Crippen LogP contribution is -2.51. The van der Waals surface area contributed by atoms with Gasteiger partial charge in [-0.05, 0) is 37.7 Å². The molecule has 1 saturated heterocycles. The van der Waals surface area contributed by atoms with Gasteiger partial charge >= 0.3 is 5.97 Å². The molecule has 21 heavy (non-hydrogen) atoms. The van der Waals surface area contributed by atoms with Gasteiger partial charge in [0.25, 0.3) is 0 Å². The highest BCUT2D eigenvalue weighted by Gasteiger charge is 2.24. The SMILES string of the molecule is CCC1CN(c2ccc(F)cc2C=CC(=O)O)CCN1C. The first-order valence-electron chi connectivity index (χ1n) is 7.17. The highest BCUT2D eigenvalue weighted by atomic mass is 19.1. The number of benzene rings is 1. The summed E-state index contributed by atoms with van der Waals surface area (Å²) in [6, 6.07) is 5.00. The minimum atomic E-state index is -1.03. The molecule has 114 valence electrons. The van der Waals surface area contributed by atoms with Crippen molar-refractivity contribution >= 4 is 17.7 Å². The first-order valence-corrected chi connectivity index (χ1v) is 7.17. The standard InChI is InChI=1S/C16H21FN2O2/c1-3-14-11-19(9-8-18(14)2)15-6-5-13(17)10-12(15)4-7-16(20)21/h4-7,10,14H,3,8-9,11H2,1-2H3,(H,20,21). The number of piperazine rings is 1. The second-order valence-electron chi connectivity index (χ2n) is 5.36. The number of hydrogen-bond acceptors (Lipinski definition) is 3. The molecule has 0 aliphatic carbocycles. The minimum Gasteiger partial charge on any atom is -0.478 e. The third-order valence-corrected chi connectivity index (χ3v) is 3.98. The quantitative estimate of drug-likeness (QED) is 0.866. The number of aliphatic carboxylic acids is 1. The molecule has 2 rings (SSSR count). The van der Waals surface area contributed by atoms with Gasteiger partial charge in [0.15, 0.2) is 0 Å². The van der Waals surface area contributed by atoms with Crippen LogP contribution < -0.4 is 4.90 Å². The van der Waals surface area contributed by atoms with Crippen LogP contribution in [0.25, 0.3) is 6.08 Å². The molecule has 0 radical (unpaired) electrons. The van der Waals surface area contributed by atoms with Crippen LogP contribution in [-0.2, 0) is 4.79 Å². The van der Waals surface area contributed by atoms with Crippen LogP contribution in [0.15, 0.2) is 24.3 Å². The van der Waals surface area contributed by atoms with Gasteiger partial charge in [-0.15, -0.1) is 0 Å². The maximum Gasteiger partial charge on any atom is 0.328 e. The van der Waals surface area contributed by atoms with E-state index in [0.29, 0.717) is 11.6 Å². The molecule has 0 spiro atoms. The van der Waals surface area contributed by atoms with Crippen LogP contribution >= 0.6 is 0 Å². The minimum absolute atomic E-state index is 0.357. The van der Waals surface area contributed by atoms with Gasteiger partial charge in [-0.1, -0.05) is 6.92 Å². The molecule has 1 heterocycles. The smallest absolute Gasteiger partial charge is 0.328 e. The Kier molecular flexibility index (Phi) is 4.96. The summed E-state index contributed by atoms with van der Waals surface area (Å²) in [6.45, 7) is 4.82. The van der Waals surface area contributed by atoms with Gasteiger partial charge in [0.2, 0.25) is 0 Å². The molecule has 1 aliphatic heterocycles. The predicted molar refractivity (Wildman–Crippen MR) is 82.0 cm³/mol. The molecule has 1 N–H and O–H groups in total. The summed E-state index contributed by atoms with van der Waals surface area (Å²) in [4.78, 5) is 15.2. The maximum absolute atomic E-state index is 13.4. The number of carboxylic acid groups (broad SMARTS) is 1. The van der Waals surface area contributed by atoms with Gasteiger partial charge in [0.05, 0.1) is 0 Å². The number of carbonyl (C=O) groups is 1. The molecule has 0 aromatic heterocycles. The second kappa shape index (κ2) is 6.72. The number of nitrogens with zero attached hydrogens (tertiary/aromatic N) is 2. The third kappa shape index (κ3) is 3.82. The summed E-state index contributed by atoms with van der Waals surface area (Å²) in [5.41, 5.74) is 1.50. The molecule has 5 heteroatoms. The Hall–Kier alpha value is -1.88. The molecule has 0 saturated carbocycles. The summed E-state index contributed by atoms with van der Waals surface area (Å²) in [6.07, 6.45) is 3.56. The normalized spacial score (nSPS) is 20.1. The van der Waals surface area contributed by atoms with E-state index in [4.69, 9.17) is 5.11 Å². The summed E-state index contributed by atoms with van der Waals surface area (Å²) < 4.78 is 13.4. The summed E-state index contributed by atoms with van der Waals surface area (Å²) in [5.74, 6) is -1.39. The molecule has 1 aromatic rings. The van der Waals surface area contributed by atoms with Crippen molar-refractivity contribution in [2.45, 2.75) is 19.4 Å². The van der Waals surface area contributed by atoms with Gasteiger partial charge in [-0.2, -0.15) is 0 Å². The molecule has 1 aromatic carbocycles. The van der Waals surface area contributed by atoms with Crippen molar-refractivity contribution in [3.63, 3.8) is 0 Å². The van der Waals surface area contributed by atoms with Gasteiger partial charge < -0.3 is 10.0 Å². The van der Waals surface area contributed by atoms with Crippen LogP contribution in [0.1, 0.15) is 18.9 Å². The van der Waals surface area contributed by atoms with E-state index >= 15 is 0 Å². The molecule has 1 atom stereocenters. The lowest BCUT2D eigenvalue weighted by atomic mass is 10.1. The molecule has 0 amide bonds. The zero-order chi connectivity index (χ0) is 15.4. The van der Waals surface area contributed by atoms with E-state index in [2.05, 4.69) is 23.8 Å². The number of halogens is 1. The topological polar surface area (TPSA) is 43.8 Å². The average molecular weight is 292 g/mol. The van der Waals surface area contributed by atoms with Crippen LogP contribution in [0.3, 0.4) is 0 Å². The van der Waals surface area contributed by atoms with Crippen molar-refractivity contribution < 1.29 is 14.3 Å². The Morgan fingerprint density at radius 2 is 2.24 bits per heavy atom. The first kappa shape index (κ1) is 15.5. The van der Waals surface area contributed by atoms with Crippen LogP contribution in [0.2, 0.25) is 0 Å². The maximum atomic E-state index is 13.4. The Morgan fingerprint density at radius 3 is 2.90 bits per heavy atom. The molecule has 0 bridgehead atoms. The van der Waals surface area contributed by atoms with Crippen LogP contribution in [0.4, 0.5) is 10.1 Å². The molecule has 1 unspecified atom stereocenters. The van der Waals surface area contributed by atoms with E-state index in [1.165, 1.54) is 18.2 Å². The number of carboxylic acids is 1. The highest BCUT2D eigenvalue weighted by Crippen LogP contribution is 2.26. The molecule has 4 nitrogen and oxygen atoms in total. The Bertz CT molecular complexity index is 545. The van der Waals surface area contributed by atoms with Crippen LogP contribution in [0, 0.1) is 5.82 Å². The fourth-order valence-corrected chi connectivity index (χ4v) is 2.71. The fourth-order valence-electron chi connectivity index (χ4n) is 2.71. The fraction of sp³-hybridized carbons (Fsp3) is 0.438. The zero-order valence-electron chi connectivity index (χ0n) is 12.4. The van der Waals surface area contributed by atoms with Crippen LogP contribution in [0.5, 0.6) is 0 Å².